The predicted octanol–water partition coefficient (Wildman–Crippen LogP) is 2.44. The molecule has 126 valence electrons. The molecule has 0 saturated carbocycles. The van der Waals surface area contributed by atoms with E-state index in [2.05, 4.69) is 9.97 Å². The zero-order valence-electron chi connectivity index (χ0n) is 13.5. The van der Waals surface area contributed by atoms with Crippen LogP contribution in [0.2, 0.25) is 0 Å². The van der Waals surface area contributed by atoms with Gasteiger partial charge in [0, 0.05) is 30.8 Å². The van der Waals surface area contributed by atoms with E-state index < -0.39 is 0 Å². The normalized spacial score (nSPS) is 14.0. The number of hydrogen-bond acceptors (Lipinski definition) is 6. The smallest absolute Gasteiger partial charge is 0.409 e. The van der Waals surface area contributed by atoms with E-state index in [4.69, 9.17) is 9.47 Å². The number of nitrogens with zero attached hydrogens (tertiary/aromatic N) is 3. The Hall–Kier alpha value is -2.70. The number of unbranched alkanes of at least 4 members (excludes halogenated alkanes) is 1. The van der Waals surface area contributed by atoms with E-state index in [1.54, 1.807) is 29.3 Å². The van der Waals surface area contributed by atoms with Crippen LogP contribution in [0.3, 0.4) is 0 Å². The van der Waals surface area contributed by atoms with E-state index in [0.29, 0.717) is 55.0 Å². The summed E-state index contributed by atoms with van der Waals surface area (Å²) < 4.78 is 10.00. The summed E-state index contributed by atoms with van der Waals surface area (Å²) in [5, 5.41) is 0. The molecule has 24 heavy (non-hydrogen) atoms. The second kappa shape index (κ2) is 7.25. The van der Waals surface area contributed by atoms with Gasteiger partial charge in [-0.3, -0.25) is 9.78 Å². The van der Waals surface area contributed by atoms with Crippen LogP contribution in [0, 0.1) is 0 Å². The van der Waals surface area contributed by atoms with E-state index in [1.807, 2.05) is 0 Å². The van der Waals surface area contributed by atoms with Gasteiger partial charge >= 0.3 is 6.09 Å². The van der Waals surface area contributed by atoms with Crippen LogP contribution in [0.15, 0.2) is 24.4 Å². The number of amides is 1. The summed E-state index contributed by atoms with van der Waals surface area (Å²) in [4.78, 5) is 34.1. The van der Waals surface area contributed by atoms with E-state index in [9.17, 15) is 9.59 Å². The lowest BCUT2D eigenvalue weighted by Gasteiger charge is -2.11. The van der Waals surface area contributed by atoms with Crippen molar-refractivity contribution in [3.63, 3.8) is 0 Å². The number of Topliss-reactive ketones (excluding diaryl/α,β-unsaturated/α-hetero) is 1. The fraction of sp³-hybridized carbons (Fsp3) is 0.412. The molecule has 2 aromatic heterocycles. The van der Waals surface area contributed by atoms with Crippen LogP contribution < -0.4 is 4.74 Å². The molecule has 1 saturated heterocycles. The molecule has 1 aliphatic rings. The van der Waals surface area contributed by atoms with Crippen molar-refractivity contribution in [1.82, 2.24) is 14.9 Å². The molecule has 2 aromatic rings. The van der Waals surface area contributed by atoms with Crippen molar-refractivity contribution in [2.24, 2.45) is 0 Å². The van der Waals surface area contributed by atoms with E-state index in [-0.39, 0.29) is 11.9 Å². The Morgan fingerprint density at radius 1 is 1.33 bits per heavy atom. The number of fused-ring (bicyclic) bond motifs is 1. The minimum Gasteiger partial charge on any atom is -0.481 e. The molecule has 0 aromatic carbocycles. The zero-order chi connectivity index (χ0) is 16.9. The van der Waals surface area contributed by atoms with Crippen molar-refractivity contribution in [3.8, 4) is 5.88 Å². The number of aromatic nitrogens is 2. The molecule has 0 bridgehead atoms. The zero-order valence-corrected chi connectivity index (χ0v) is 13.5. The first kappa shape index (κ1) is 16.2. The lowest BCUT2D eigenvalue weighted by atomic mass is 10.0. The fourth-order valence-electron chi connectivity index (χ4n) is 2.70. The maximum absolute atomic E-state index is 12.5. The van der Waals surface area contributed by atoms with Gasteiger partial charge in [0.05, 0.1) is 19.2 Å². The van der Waals surface area contributed by atoms with Crippen LogP contribution in [0.4, 0.5) is 4.79 Å². The fourth-order valence-corrected chi connectivity index (χ4v) is 2.70. The molecule has 0 spiro atoms. The maximum Gasteiger partial charge on any atom is 0.409 e. The van der Waals surface area contributed by atoms with Crippen LogP contribution in [-0.2, 0) is 4.74 Å². The molecule has 3 rings (SSSR count). The van der Waals surface area contributed by atoms with E-state index >= 15 is 0 Å². The van der Waals surface area contributed by atoms with Gasteiger partial charge in [0.25, 0.3) is 0 Å². The van der Waals surface area contributed by atoms with Crippen molar-refractivity contribution in [3.05, 3.63) is 30.0 Å². The molecule has 1 fully saturated rings. The number of carbonyl (C=O) groups excluding carboxylic acids is 2. The number of ether oxygens (including phenoxy) is 2. The Kier molecular flexibility index (Phi) is 4.88. The van der Waals surface area contributed by atoms with Crippen molar-refractivity contribution in [2.45, 2.75) is 19.3 Å². The van der Waals surface area contributed by atoms with Crippen molar-refractivity contribution >= 4 is 22.9 Å². The highest BCUT2D eigenvalue weighted by Crippen LogP contribution is 2.20. The summed E-state index contributed by atoms with van der Waals surface area (Å²) in [6.07, 6.45) is 3.22. The first-order chi connectivity index (χ1) is 11.7. The summed E-state index contributed by atoms with van der Waals surface area (Å²) in [7, 11) is 1.54. The predicted molar refractivity (Wildman–Crippen MR) is 87.2 cm³/mol. The van der Waals surface area contributed by atoms with Gasteiger partial charge in [0.2, 0.25) is 5.88 Å². The molecule has 3 heterocycles. The first-order valence-electron chi connectivity index (χ1n) is 7.93. The molecule has 7 heteroatoms. The highest BCUT2D eigenvalue weighted by Gasteiger charge is 2.21. The minimum absolute atomic E-state index is 0.0205. The standard InChI is InChI=1S/C17H19N3O4/c1-23-15-6-5-13-16(19-15)12(7-8-18-13)14(21)4-2-3-9-20-10-11-24-17(20)22/h5-8H,2-4,9-11H2,1H3. The third-order valence-corrected chi connectivity index (χ3v) is 3.99. The molecule has 0 unspecified atom stereocenters. The van der Waals surface area contributed by atoms with Crippen LogP contribution in [0.1, 0.15) is 29.6 Å². The molecular formula is C17H19N3O4. The number of hydrogen-bond donors (Lipinski definition) is 0. The topological polar surface area (TPSA) is 81.6 Å². The Labute approximate surface area is 139 Å². The molecular weight excluding hydrogens is 310 g/mol. The summed E-state index contributed by atoms with van der Waals surface area (Å²) in [5.74, 6) is 0.476. The molecule has 1 amide bonds. The van der Waals surface area contributed by atoms with Crippen LogP contribution in [-0.4, -0.2) is 53.6 Å². The Morgan fingerprint density at radius 2 is 2.21 bits per heavy atom. The van der Waals surface area contributed by atoms with Gasteiger partial charge in [0.15, 0.2) is 5.78 Å². The van der Waals surface area contributed by atoms with E-state index in [0.717, 1.165) is 6.42 Å². The second-order valence-electron chi connectivity index (χ2n) is 5.56. The van der Waals surface area contributed by atoms with Gasteiger partial charge in [-0.1, -0.05) is 0 Å². The van der Waals surface area contributed by atoms with Gasteiger partial charge in [0.1, 0.15) is 12.1 Å². The van der Waals surface area contributed by atoms with Crippen LogP contribution in [0.5, 0.6) is 5.88 Å². The number of rotatable bonds is 7. The molecule has 7 nitrogen and oxygen atoms in total. The minimum atomic E-state index is -0.266. The molecule has 0 atom stereocenters. The van der Waals surface area contributed by atoms with Crippen LogP contribution >= 0.6 is 0 Å². The summed E-state index contributed by atoms with van der Waals surface area (Å²) >= 11 is 0. The van der Waals surface area contributed by atoms with Gasteiger partial charge in [-0.25, -0.2) is 9.78 Å². The monoisotopic (exact) mass is 329 g/mol. The highest BCUT2D eigenvalue weighted by atomic mass is 16.6. The Morgan fingerprint density at radius 3 is 2.96 bits per heavy atom. The molecule has 0 aliphatic carbocycles. The van der Waals surface area contributed by atoms with Gasteiger partial charge in [-0.15, -0.1) is 0 Å². The number of carbonyl (C=O) groups is 2. The highest BCUT2D eigenvalue weighted by molar-refractivity contribution is 6.05. The SMILES string of the molecule is COc1ccc2nccc(C(=O)CCCCN3CCOC3=O)c2n1. The molecule has 1 aliphatic heterocycles. The Balaban J connectivity index is 1.62. The average Bonchev–Trinajstić information content (AvgIpc) is 3.02. The second-order valence-corrected chi connectivity index (χ2v) is 5.56. The Bertz CT molecular complexity index is 763. The van der Waals surface area contributed by atoms with Crippen molar-refractivity contribution in [2.75, 3.05) is 26.8 Å². The number of cyclic esters (lactones) is 1. The average molecular weight is 329 g/mol. The van der Waals surface area contributed by atoms with E-state index in [1.165, 1.54) is 7.11 Å². The molecule has 0 radical (unpaired) electrons. The van der Waals surface area contributed by atoms with Crippen molar-refractivity contribution < 1.29 is 19.1 Å². The third-order valence-electron chi connectivity index (χ3n) is 3.99. The number of methoxy groups -OCH3 is 1. The number of pyridine rings is 2. The first-order valence-corrected chi connectivity index (χ1v) is 7.93. The quantitative estimate of drug-likeness (QED) is 0.573. The lowest BCUT2D eigenvalue weighted by Crippen LogP contribution is -2.25. The summed E-state index contributed by atoms with van der Waals surface area (Å²) in [5.41, 5.74) is 1.78. The lowest BCUT2D eigenvalue weighted by molar-refractivity contribution is 0.0980. The third kappa shape index (κ3) is 3.45. The van der Waals surface area contributed by atoms with Crippen LogP contribution in [0.25, 0.3) is 11.0 Å². The summed E-state index contributed by atoms with van der Waals surface area (Å²) in [6.45, 7) is 1.70. The van der Waals surface area contributed by atoms with Gasteiger partial charge in [-0.2, -0.15) is 0 Å². The van der Waals surface area contributed by atoms with Crippen molar-refractivity contribution in [1.29, 1.82) is 0 Å². The molecule has 0 N–H and O–H groups in total. The summed E-state index contributed by atoms with van der Waals surface area (Å²) in [6, 6.07) is 5.20. The maximum atomic E-state index is 12.5. The number of ketones is 1. The van der Waals surface area contributed by atoms with Gasteiger partial charge in [-0.05, 0) is 25.0 Å². The largest absolute Gasteiger partial charge is 0.481 e. The van der Waals surface area contributed by atoms with Gasteiger partial charge < -0.3 is 14.4 Å².